The summed E-state index contributed by atoms with van der Waals surface area (Å²) < 4.78 is 1.77. The quantitative estimate of drug-likeness (QED) is 0.881. The minimum Gasteiger partial charge on any atom is -0.397 e. The Labute approximate surface area is 127 Å². The first kappa shape index (κ1) is 14.3. The molecule has 7 heteroatoms. The topological polar surface area (TPSA) is 84.4 Å². The molecule has 3 rings (SSSR count). The minimum absolute atomic E-state index is 0.0110. The second-order valence-corrected chi connectivity index (χ2v) is 6.56. The number of thiophene rings is 1. The van der Waals surface area contributed by atoms with Crippen LogP contribution < -0.4 is 5.73 Å². The molecule has 114 valence electrons. The van der Waals surface area contributed by atoms with Crippen molar-refractivity contribution in [3.63, 3.8) is 0 Å². The first-order valence-corrected chi connectivity index (χ1v) is 7.99. The highest BCUT2D eigenvalue weighted by Gasteiger charge is 2.30. The molecule has 0 aromatic carbocycles. The lowest BCUT2D eigenvalue weighted by molar-refractivity contribution is 0.0509. The van der Waals surface area contributed by atoms with Gasteiger partial charge in [0.25, 0.3) is 5.91 Å². The number of aryl methyl sites for hydroxylation is 2. The van der Waals surface area contributed by atoms with Crippen molar-refractivity contribution in [1.29, 1.82) is 0 Å². The number of anilines is 1. The molecule has 0 radical (unpaired) electrons. The molecule has 1 amide bonds. The van der Waals surface area contributed by atoms with Gasteiger partial charge in [-0.3, -0.25) is 9.48 Å². The molecule has 0 bridgehead atoms. The van der Waals surface area contributed by atoms with Crippen LogP contribution in [0.15, 0.2) is 0 Å². The van der Waals surface area contributed by atoms with Gasteiger partial charge in [-0.25, -0.2) is 0 Å². The van der Waals surface area contributed by atoms with Crippen molar-refractivity contribution in [2.24, 2.45) is 7.05 Å². The molecule has 21 heavy (non-hydrogen) atoms. The molecule has 2 aromatic rings. The summed E-state index contributed by atoms with van der Waals surface area (Å²) in [6, 6.07) is -0.0879. The third-order valence-corrected chi connectivity index (χ3v) is 5.44. The van der Waals surface area contributed by atoms with Gasteiger partial charge in [0.1, 0.15) is 9.71 Å². The Bertz CT molecular complexity index is 691. The number of nitrogen functional groups attached to an aromatic ring is 1. The lowest BCUT2D eigenvalue weighted by atomic mass is 10.0. The van der Waals surface area contributed by atoms with E-state index in [0.29, 0.717) is 17.1 Å². The highest BCUT2D eigenvalue weighted by Crippen LogP contribution is 2.37. The Kier molecular flexibility index (Phi) is 3.62. The zero-order valence-electron chi connectivity index (χ0n) is 12.3. The van der Waals surface area contributed by atoms with Gasteiger partial charge in [-0.1, -0.05) is 0 Å². The number of aromatic nitrogens is 2. The number of carbonyl (C=O) groups is 1. The fourth-order valence-corrected chi connectivity index (χ4v) is 4.22. The Hall–Kier alpha value is -1.60. The monoisotopic (exact) mass is 308 g/mol. The van der Waals surface area contributed by atoms with E-state index >= 15 is 0 Å². The molecule has 1 unspecified atom stereocenters. The molecule has 0 spiro atoms. The largest absolute Gasteiger partial charge is 0.397 e. The average Bonchev–Trinajstić information content (AvgIpc) is 2.97. The maximum absolute atomic E-state index is 12.8. The second-order valence-electron chi connectivity index (χ2n) is 5.56. The maximum Gasteiger partial charge on any atom is 0.266 e. The normalized spacial score (nSPS) is 19.4. The van der Waals surface area contributed by atoms with Crippen LogP contribution in [0.4, 0.5) is 5.69 Å². The van der Waals surface area contributed by atoms with E-state index in [4.69, 9.17) is 5.73 Å². The highest BCUT2D eigenvalue weighted by molar-refractivity contribution is 7.21. The van der Waals surface area contributed by atoms with Crippen molar-refractivity contribution in [1.82, 2.24) is 14.7 Å². The summed E-state index contributed by atoms with van der Waals surface area (Å²) in [4.78, 5) is 16.1. The van der Waals surface area contributed by atoms with Crippen LogP contribution >= 0.6 is 11.3 Å². The molecule has 3 heterocycles. The lowest BCUT2D eigenvalue weighted by Gasteiger charge is -2.34. The average molecular weight is 308 g/mol. The number of piperidine rings is 1. The van der Waals surface area contributed by atoms with Crippen LogP contribution in [0.5, 0.6) is 0 Å². The van der Waals surface area contributed by atoms with Crippen molar-refractivity contribution in [3.05, 3.63) is 10.6 Å². The Morgan fingerprint density at radius 3 is 2.95 bits per heavy atom. The van der Waals surface area contributed by atoms with E-state index in [1.807, 2.05) is 14.0 Å². The number of nitrogens with zero attached hydrogens (tertiary/aromatic N) is 3. The van der Waals surface area contributed by atoms with E-state index in [-0.39, 0.29) is 18.6 Å². The zero-order chi connectivity index (χ0) is 15.1. The molecule has 1 saturated heterocycles. The van der Waals surface area contributed by atoms with Crippen LogP contribution in [0.25, 0.3) is 10.2 Å². The predicted molar refractivity (Wildman–Crippen MR) is 83.5 cm³/mol. The highest BCUT2D eigenvalue weighted by atomic mass is 32.1. The van der Waals surface area contributed by atoms with Gasteiger partial charge in [0, 0.05) is 13.6 Å². The fraction of sp³-hybridized carbons (Fsp3) is 0.571. The van der Waals surface area contributed by atoms with E-state index in [9.17, 15) is 9.90 Å². The lowest BCUT2D eigenvalue weighted by Crippen LogP contribution is -2.45. The predicted octanol–water partition coefficient (Wildman–Crippen LogP) is 1.51. The van der Waals surface area contributed by atoms with E-state index in [1.54, 1.807) is 9.58 Å². The van der Waals surface area contributed by atoms with Gasteiger partial charge in [0.05, 0.1) is 29.4 Å². The number of rotatable bonds is 2. The van der Waals surface area contributed by atoms with E-state index in [1.165, 1.54) is 11.3 Å². The summed E-state index contributed by atoms with van der Waals surface area (Å²) in [5.41, 5.74) is 7.56. The Morgan fingerprint density at radius 1 is 1.52 bits per heavy atom. The smallest absolute Gasteiger partial charge is 0.266 e. The molecular weight excluding hydrogens is 288 g/mol. The summed E-state index contributed by atoms with van der Waals surface area (Å²) in [5.74, 6) is -0.0631. The first-order chi connectivity index (χ1) is 10.0. The van der Waals surface area contributed by atoms with Gasteiger partial charge in [-0.05, 0) is 26.2 Å². The minimum atomic E-state index is -0.0879. The van der Waals surface area contributed by atoms with E-state index < -0.39 is 0 Å². The van der Waals surface area contributed by atoms with Gasteiger partial charge >= 0.3 is 0 Å². The van der Waals surface area contributed by atoms with Gasteiger partial charge < -0.3 is 15.7 Å². The number of nitrogens with two attached hydrogens (primary N) is 1. The molecule has 1 atom stereocenters. The van der Waals surface area contributed by atoms with Crippen molar-refractivity contribution >= 4 is 33.1 Å². The standard InChI is InChI=1S/C14H20N4O2S/c1-8-10-11(15)12(21-14(10)17(2)16-8)13(20)18-6-4-3-5-9(18)7-19/h9,19H,3-7,15H2,1-2H3. The summed E-state index contributed by atoms with van der Waals surface area (Å²) in [6.45, 7) is 2.60. The number of amides is 1. The Balaban J connectivity index is 2.01. The summed E-state index contributed by atoms with van der Waals surface area (Å²) in [7, 11) is 1.86. The molecule has 1 aliphatic heterocycles. The third kappa shape index (κ3) is 2.20. The molecule has 0 aliphatic carbocycles. The maximum atomic E-state index is 12.8. The van der Waals surface area contributed by atoms with E-state index in [2.05, 4.69) is 5.10 Å². The molecule has 3 N–H and O–H groups in total. The van der Waals surface area contributed by atoms with Gasteiger partial charge in [0.15, 0.2) is 0 Å². The SMILES string of the molecule is Cc1nn(C)c2sc(C(=O)N3CCCCC3CO)c(N)c12. The number of likely N-dealkylation sites (tertiary alicyclic amines) is 1. The van der Waals surface area contributed by atoms with Crippen LogP contribution in [0.1, 0.15) is 34.6 Å². The summed E-state index contributed by atoms with van der Waals surface area (Å²) >= 11 is 1.39. The van der Waals surface area contributed by atoms with Crippen LogP contribution in [0.2, 0.25) is 0 Å². The van der Waals surface area contributed by atoms with Crippen molar-refractivity contribution in [2.45, 2.75) is 32.2 Å². The van der Waals surface area contributed by atoms with Gasteiger partial charge in [0.2, 0.25) is 0 Å². The van der Waals surface area contributed by atoms with E-state index in [0.717, 1.165) is 35.2 Å². The third-order valence-electron chi connectivity index (χ3n) is 4.18. The number of fused-ring (bicyclic) bond motifs is 1. The van der Waals surface area contributed by atoms with Crippen molar-refractivity contribution in [3.8, 4) is 0 Å². The summed E-state index contributed by atoms with van der Waals surface area (Å²) in [5, 5.41) is 14.7. The van der Waals surface area contributed by atoms with Gasteiger partial charge in [-0.2, -0.15) is 5.10 Å². The second kappa shape index (κ2) is 5.31. The van der Waals surface area contributed by atoms with Gasteiger partial charge in [-0.15, -0.1) is 11.3 Å². The zero-order valence-corrected chi connectivity index (χ0v) is 13.1. The molecule has 2 aromatic heterocycles. The summed E-state index contributed by atoms with van der Waals surface area (Å²) in [6.07, 6.45) is 2.89. The van der Waals surface area contributed by atoms with Crippen LogP contribution in [-0.2, 0) is 7.05 Å². The number of hydrogen-bond donors (Lipinski definition) is 2. The molecule has 6 nitrogen and oxygen atoms in total. The Morgan fingerprint density at radius 2 is 2.29 bits per heavy atom. The van der Waals surface area contributed by atoms with Crippen molar-refractivity contribution in [2.75, 3.05) is 18.9 Å². The van der Waals surface area contributed by atoms with Crippen LogP contribution in [0.3, 0.4) is 0 Å². The number of aliphatic hydroxyl groups is 1. The molecule has 1 fully saturated rings. The number of aliphatic hydroxyl groups excluding tert-OH is 1. The molecular formula is C14H20N4O2S. The number of carbonyl (C=O) groups excluding carboxylic acids is 1. The van der Waals surface area contributed by atoms with Crippen molar-refractivity contribution < 1.29 is 9.90 Å². The number of hydrogen-bond acceptors (Lipinski definition) is 5. The van der Waals surface area contributed by atoms with Crippen LogP contribution in [0, 0.1) is 6.92 Å². The first-order valence-electron chi connectivity index (χ1n) is 7.18. The van der Waals surface area contributed by atoms with Crippen LogP contribution in [-0.4, -0.2) is 44.9 Å². The molecule has 0 saturated carbocycles. The fourth-order valence-electron chi connectivity index (χ4n) is 3.08. The molecule has 1 aliphatic rings.